The molecule has 0 bridgehead atoms. The van der Waals surface area contributed by atoms with Crippen molar-refractivity contribution in [3.05, 3.63) is 29.3 Å². The summed E-state index contributed by atoms with van der Waals surface area (Å²) >= 11 is 0. The van der Waals surface area contributed by atoms with Crippen LogP contribution in [0.15, 0.2) is 23.4 Å². The minimum Gasteiger partial charge on any atom is -0.493 e. The van der Waals surface area contributed by atoms with Crippen LogP contribution in [0.3, 0.4) is 0 Å². The lowest BCUT2D eigenvalue weighted by Crippen LogP contribution is -2.33. The van der Waals surface area contributed by atoms with Gasteiger partial charge in [-0.25, -0.2) is 0 Å². The molecule has 1 aromatic carbocycles. The summed E-state index contributed by atoms with van der Waals surface area (Å²) in [7, 11) is 0. The molecular formula is C17H20N2O3. The Labute approximate surface area is 129 Å². The molecule has 4 rings (SSSR count). The molecular weight excluding hydrogens is 280 g/mol. The van der Waals surface area contributed by atoms with Crippen molar-refractivity contribution in [3.63, 3.8) is 0 Å². The van der Waals surface area contributed by atoms with Gasteiger partial charge in [0.15, 0.2) is 0 Å². The van der Waals surface area contributed by atoms with E-state index >= 15 is 0 Å². The quantitative estimate of drug-likeness (QED) is 0.923. The fraction of sp³-hybridized carbons (Fsp3) is 0.529. The maximum atomic E-state index is 11.8. The van der Waals surface area contributed by atoms with Crippen molar-refractivity contribution >= 4 is 11.6 Å². The fourth-order valence-electron chi connectivity index (χ4n) is 3.11. The van der Waals surface area contributed by atoms with Crippen molar-refractivity contribution in [2.45, 2.75) is 32.3 Å². The summed E-state index contributed by atoms with van der Waals surface area (Å²) in [6.45, 7) is 3.40. The molecule has 3 atom stereocenters. The SMILES string of the molecule is CC1CC1C(=O)NCC1CC(c2ccc3c(c2)CCO3)=NO1. The van der Waals surface area contributed by atoms with E-state index in [2.05, 4.69) is 23.5 Å². The summed E-state index contributed by atoms with van der Waals surface area (Å²) in [5, 5.41) is 7.16. The Morgan fingerprint density at radius 1 is 1.45 bits per heavy atom. The highest BCUT2D eigenvalue weighted by Crippen LogP contribution is 2.37. The monoisotopic (exact) mass is 300 g/mol. The number of fused-ring (bicyclic) bond motifs is 1. The smallest absolute Gasteiger partial charge is 0.223 e. The second-order valence-electron chi connectivity index (χ2n) is 6.46. The molecule has 1 aromatic rings. The van der Waals surface area contributed by atoms with Crippen LogP contribution in [0.2, 0.25) is 0 Å². The van der Waals surface area contributed by atoms with Crippen LogP contribution in [-0.2, 0) is 16.1 Å². The number of nitrogens with one attached hydrogen (secondary N) is 1. The average Bonchev–Trinajstić information content (AvgIpc) is 2.96. The maximum absolute atomic E-state index is 11.8. The minimum atomic E-state index is -0.0579. The highest BCUT2D eigenvalue weighted by molar-refractivity contribution is 6.01. The normalized spacial score (nSPS) is 28.4. The summed E-state index contributed by atoms with van der Waals surface area (Å²) in [4.78, 5) is 17.3. The van der Waals surface area contributed by atoms with Crippen LogP contribution >= 0.6 is 0 Å². The topological polar surface area (TPSA) is 59.9 Å². The van der Waals surface area contributed by atoms with Crippen LogP contribution in [-0.4, -0.2) is 30.9 Å². The van der Waals surface area contributed by atoms with Gasteiger partial charge < -0.3 is 14.9 Å². The molecule has 5 nitrogen and oxygen atoms in total. The van der Waals surface area contributed by atoms with E-state index in [0.29, 0.717) is 12.5 Å². The first-order chi connectivity index (χ1) is 10.7. The second-order valence-corrected chi connectivity index (χ2v) is 6.46. The molecule has 1 amide bonds. The first-order valence-electron chi connectivity index (χ1n) is 7.97. The zero-order valence-corrected chi connectivity index (χ0v) is 12.7. The molecule has 5 heteroatoms. The molecule has 1 fully saturated rings. The molecule has 2 aliphatic heterocycles. The highest BCUT2D eigenvalue weighted by atomic mass is 16.6. The third kappa shape index (κ3) is 2.56. The molecule has 0 aromatic heterocycles. The minimum absolute atomic E-state index is 0.0579. The van der Waals surface area contributed by atoms with Crippen LogP contribution in [0.25, 0.3) is 0 Å². The number of carbonyl (C=O) groups excluding carboxylic acids is 1. The van der Waals surface area contributed by atoms with Gasteiger partial charge in [-0.1, -0.05) is 12.1 Å². The standard InChI is InChI=1S/C17H20N2O3/c1-10-6-14(10)17(20)18-9-13-8-15(19-22-13)11-2-3-16-12(7-11)4-5-21-16/h2-3,7,10,13-14H,4-6,8-9H2,1H3,(H,18,20). The molecule has 3 unspecified atom stereocenters. The van der Waals surface area contributed by atoms with Gasteiger partial charge in [-0.05, 0) is 41.7 Å². The number of nitrogens with zero attached hydrogens (tertiary/aromatic N) is 1. The summed E-state index contributed by atoms with van der Waals surface area (Å²) in [5.41, 5.74) is 3.28. The number of ether oxygens (including phenoxy) is 1. The van der Waals surface area contributed by atoms with Gasteiger partial charge in [0, 0.05) is 18.8 Å². The lowest BCUT2D eigenvalue weighted by Gasteiger charge is -2.09. The number of carbonyl (C=O) groups is 1. The van der Waals surface area contributed by atoms with E-state index in [1.807, 2.05) is 12.1 Å². The molecule has 1 aliphatic carbocycles. The van der Waals surface area contributed by atoms with E-state index in [4.69, 9.17) is 9.57 Å². The summed E-state index contributed by atoms with van der Waals surface area (Å²) in [6, 6.07) is 6.17. The predicted octanol–water partition coefficient (Wildman–Crippen LogP) is 1.89. The van der Waals surface area contributed by atoms with E-state index in [9.17, 15) is 4.79 Å². The number of hydrogen-bond donors (Lipinski definition) is 1. The molecule has 1 N–H and O–H groups in total. The van der Waals surface area contributed by atoms with Crippen LogP contribution in [0.4, 0.5) is 0 Å². The van der Waals surface area contributed by atoms with Gasteiger partial charge in [0.1, 0.15) is 11.9 Å². The third-order valence-electron chi connectivity index (χ3n) is 4.71. The Kier molecular flexibility index (Phi) is 3.28. The van der Waals surface area contributed by atoms with E-state index in [1.54, 1.807) is 0 Å². The number of oxime groups is 1. The largest absolute Gasteiger partial charge is 0.493 e. The van der Waals surface area contributed by atoms with Crippen molar-refractivity contribution in [1.29, 1.82) is 0 Å². The third-order valence-corrected chi connectivity index (χ3v) is 4.71. The van der Waals surface area contributed by atoms with E-state index < -0.39 is 0 Å². The Balaban J connectivity index is 1.33. The summed E-state index contributed by atoms with van der Waals surface area (Å²) < 4.78 is 5.52. The number of rotatable bonds is 4. The van der Waals surface area contributed by atoms with Gasteiger partial charge in [0.25, 0.3) is 0 Å². The van der Waals surface area contributed by atoms with Crippen molar-refractivity contribution in [3.8, 4) is 5.75 Å². The van der Waals surface area contributed by atoms with E-state index in [1.165, 1.54) is 5.56 Å². The number of benzene rings is 1. The zero-order valence-electron chi connectivity index (χ0n) is 12.7. The van der Waals surface area contributed by atoms with E-state index in [-0.39, 0.29) is 17.9 Å². The molecule has 0 radical (unpaired) electrons. The molecule has 2 heterocycles. The van der Waals surface area contributed by atoms with Gasteiger partial charge in [0.2, 0.25) is 5.91 Å². The zero-order chi connectivity index (χ0) is 15.1. The van der Waals surface area contributed by atoms with Crippen molar-refractivity contribution in [1.82, 2.24) is 5.32 Å². The van der Waals surface area contributed by atoms with E-state index in [0.717, 1.165) is 42.9 Å². The van der Waals surface area contributed by atoms with Crippen molar-refractivity contribution < 1.29 is 14.4 Å². The van der Waals surface area contributed by atoms with Crippen LogP contribution in [0.5, 0.6) is 5.75 Å². The van der Waals surface area contributed by atoms with Crippen LogP contribution in [0, 0.1) is 11.8 Å². The summed E-state index contributed by atoms with van der Waals surface area (Å²) in [5.74, 6) is 1.87. The highest BCUT2D eigenvalue weighted by Gasteiger charge is 2.39. The lowest BCUT2D eigenvalue weighted by atomic mass is 10.0. The second kappa shape index (κ2) is 5.30. The van der Waals surface area contributed by atoms with Gasteiger partial charge in [-0.2, -0.15) is 0 Å². The summed E-state index contributed by atoms with van der Waals surface area (Å²) in [6.07, 6.45) is 2.64. The Morgan fingerprint density at radius 2 is 2.32 bits per heavy atom. The van der Waals surface area contributed by atoms with Crippen molar-refractivity contribution in [2.24, 2.45) is 17.0 Å². The average molecular weight is 300 g/mol. The Hall–Kier alpha value is -2.04. The molecule has 22 heavy (non-hydrogen) atoms. The van der Waals surface area contributed by atoms with Crippen molar-refractivity contribution in [2.75, 3.05) is 13.2 Å². The lowest BCUT2D eigenvalue weighted by molar-refractivity contribution is -0.123. The predicted molar refractivity (Wildman–Crippen MR) is 81.9 cm³/mol. The first kappa shape index (κ1) is 13.6. The number of amides is 1. The van der Waals surface area contributed by atoms with Gasteiger partial charge >= 0.3 is 0 Å². The van der Waals surface area contributed by atoms with Crippen LogP contribution < -0.4 is 10.1 Å². The number of hydrogen-bond acceptors (Lipinski definition) is 4. The van der Waals surface area contributed by atoms with Gasteiger partial charge in [0.05, 0.1) is 18.9 Å². The van der Waals surface area contributed by atoms with Crippen LogP contribution in [0.1, 0.15) is 30.9 Å². The Morgan fingerprint density at radius 3 is 3.14 bits per heavy atom. The van der Waals surface area contributed by atoms with Gasteiger partial charge in [-0.3, -0.25) is 4.79 Å². The molecule has 1 saturated carbocycles. The maximum Gasteiger partial charge on any atom is 0.223 e. The van der Waals surface area contributed by atoms with Gasteiger partial charge in [-0.15, -0.1) is 0 Å². The molecule has 0 saturated heterocycles. The first-order valence-corrected chi connectivity index (χ1v) is 7.97. The molecule has 116 valence electrons. The fourth-order valence-corrected chi connectivity index (χ4v) is 3.11. The molecule has 3 aliphatic rings. The Bertz CT molecular complexity index is 641. The molecule has 0 spiro atoms.